The third-order valence-corrected chi connectivity index (χ3v) is 6.05. The highest BCUT2D eigenvalue weighted by Gasteiger charge is 2.28. The first kappa shape index (κ1) is 18.1. The van der Waals surface area contributed by atoms with E-state index >= 15 is 0 Å². The third-order valence-electron chi connectivity index (χ3n) is 4.01. The van der Waals surface area contributed by atoms with Gasteiger partial charge >= 0.3 is 5.97 Å². The van der Waals surface area contributed by atoms with E-state index < -0.39 is 16.0 Å². The molecule has 0 amide bonds. The Morgan fingerprint density at radius 2 is 1.70 bits per heavy atom. The van der Waals surface area contributed by atoms with Crippen molar-refractivity contribution in [3.05, 3.63) is 29.8 Å². The molecule has 0 radical (unpaired) electrons. The van der Waals surface area contributed by atoms with Gasteiger partial charge in [0.05, 0.1) is 16.1 Å². The Bertz CT molecular complexity index is 678. The molecule has 8 heteroatoms. The first-order chi connectivity index (χ1) is 10.8. The van der Waals surface area contributed by atoms with E-state index in [0.29, 0.717) is 31.2 Å². The number of rotatable bonds is 6. The molecule has 0 aliphatic heterocycles. The molecule has 23 heavy (non-hydrogen) atoms. The zero-order valence-corrected chi connectivity index (χ0v) is 14.8. The van der Waals surface area contributed by atoms with Gasteiger partial charge in [0, 0.05) is 11.6 Å². The molecule has 6 nitrogen and oxygen atoms in total. The topological polar surface area (TPSA) is 101 Å². The van der Waals surface area contributed by atoms with Gasteiger partial charge in [-0.3, -0.25) is 9.59 Å². The number of hydrogen-bond donors (Lipinski definition) is 2. The van der Waals surface area contributed by atoms with E-state index in [1.165, 1.54) is 24.3 Å². The zero-order valence-electron chi connectivity index (χ0n) is 12.4. The van der Waals surface area contributed by atoms with Crippen molar-refractivity contribution in [2.45, 2.75) is 36.6 Å². The maximum Gasteiger partial charge on any atom is 0.306 e. The summed E-state index contributed by atoms with van der Waals surface area (Å²) in [4.78, 5) is 22.5. The molecule has 0 spiro atoms. The molecular weight excluding hydrogens is 386 g/mol. The van der Waals surface area contributed by atoms with Crippen LogP contribution in [0.2, 0.25) is 0 Å². The average Bonchev–Trinajstić information content (AvgIpc) is 2.54. The maximum atomic E-state index is 12.3. The molecule has 0 saturated heterocycles. The summed E-state index contributed by atoms with van der Waals surface area (Å²) in [5, 5.41) is 9.14. The Hall–Kier alpha value is -1.25. The summed E-state index contributed by atoms with van der Waals surface area (Å²) < 4.78 is 27.3. The van der Waals surface area contributed by atoms with Gasteiger partial charge in [-0.1, -0.05) is 28.1 Å². The Kier molecular flexibility index (Phi) is 5.94. The predicted molar refractivity (Wildman–Crippen MR) is 88.3 cm³/mol. The fourth-order valence-corrected chi connectivity index (χ4v) is 4.27. The van der Waals surface area contributed by atoms with Crippen LogP contribution < -0.4 is 4.72 Å². The number of carboxylic acid groups (broad SMARTS) is 1. The Morgan fingerprint density at radius 1 is 1.13 bits per heavy atom. The normalized spacial score (nSPS) is 21.8. The minimum atomic E-state index is -3.67. The lowest BCUT2D eigenvalue weighted by Crippen LogP contribution is -2.38. The number of halogens is 1. The molecule has 1 fully saturated rings. The smallest absolute Gasteiger partial charge is 0.306 e. The highest BCUT2D eigenvalue weighted by atomic mass is 79.9. The SMILES string of the molecule is O=C(CBr)c1ccc(S(=O)(=O)N[C@H]2CC[C@H](C(=O)O)CC2)cc1. The van der Waals surface area contributed by atoms with Gasteiger partial charge in [0.1, 0.15) is 0 Å². The van der Waals surface area contributed by atoms with Crippen molar-refractivity contribution in [3.63, 3.8) is 0 Å². The second-order valence-electron chi connectivity index (χ2n) is 5.59. The van der Waals surface area contributed by atoms with Crippen LogP contribution in [0.3, 0.4) is 0 Å². The van der Waals surface area contributed by atoms with Crippen molar-refractivity contribution in [3.8, 4) is 0 Å². The van der Waals surface area contributed by atoms with E-state index in [2.05, 4.69) is 20.7 Å². The summed E-state index contributed by atoms with van der Waals surface area (Å²) in [5.74, 6) is -1.32. The zero-order chi connectivity index (χ0) is 17.0. The Morgan fingerprint density at radius 3 is 2.17 bits per heavy atom. The molecule has 1 aromatic rings. The van der Waals surface area contributed by atoms with Crippen LogP contribution >= 0.6 is 15.9 Å². The second-order valence-corrected chi connectivity index (χ2v) is 7.86. The van der Waals surface area contributed by atoms with Crippen LogP contribution in [-0.2, 0) is 14.8 Å². The molecular formula is C15H18BrNO5S. The van der Waals surface area contributed by atoms with Crippen LogP contribution in [0.4, 0.5) is 0 Å². The number of ketones is 1. The number of sulfonamides is 1. The van der Waals surface area contributed by atoms with E-state index in [1.807, 2.05) is 0 Å². The number of Topliss-reactive ketones (excluding diaryl/α,β-unsaturated/α-hetero) is 1. The van der Waals surface area contributed by atoms with Crippen LogP contribution in [-0.4, -0.2) is 36.6 Å². The van der Waals surface area contributed by atoms with Gasteiger partial charge in [0.25, 0.3) is 0 Å². The summed E-state index contributed by atoms with van der Waals surface area (Å²) in [6.45, 7) is 0. The predicted octanol–water partition coefficient (Wildman–Crippen LogP) is 2.19. The minimum Gasteiger partial charge on any atom is -0.481 e. The van der Waals surface area contributed by atoms with E-state index in [1.54, 1.807) is 0 Å². The van der Waals surface area contributed by atoms with Gasteiger partial charge < -0.3 is 5.11 Å². The lowest BCUT2D eigenvalue weighted by molar-refractivity contribution is -0.142. The van der Waals surface area contributed by atoms with E-state index in [-0.39, 0.29) is 28.0 Å². The summed E-state index contributed by atoms with van der Waals surface area (Å²) in [5.41, 5.74) is 0.447. The first-order valence-corrected chi connectivity index (χ1v) is 9.88. The second kappa shape index (κ2) is 7.55. The van der Waals surface area contributed by atoms with Gasteiger partial charge in [-0.2, -0.15) is 0 Å². The molecule has 2 rings (SSSR count). The molecule has 1 aliphatic rings. The summed E-state index contributed by atoms with van der Waals surface area (Å²) in [7, 11) is -3.67. The number of nitrogens with one attached hydrogen (secondary N) is 1. The molecule has 1 saturated carbocycles. The molecule has 0 atom stereocenters. The maximum absolute atomic E-state index is 12.3. The van der Waals surface area contributed by atoms with Gasteiger partial charge in [0.2, 0.25) is 10.0 Å². The number of alkyl halides is 1. The quantitative estimate of drug-likeness (QED) is 0.559. The average molecular weight is 404 g/mol. The molecule has 126 valence electrons. The van der Waals surface area contributed by atoms with Crippen molar-refractivity contribution in [2.75, 3.05) is 5.33 Å². The van der Waals surface area contributed by atoms with Crippen LogP contribution in [0.1, 0.15) is 36.0 Å². The van der Waals surface area contributed by atoms with Crippen molar-refractivity contribution < 1.29 is 23.1 Å². The van der Waals surface area contributed by atoms with Crippen molar-refractivity contribution >= 4 is 37.7 Å². The summed E-state index contributed by atoms with van der Waals surface area (Å²) in [6.07, 6.45) is 1.97. The fourth-order valence-electron chi connectivity index (χ4n) is 2.64. The summed E-state index contributed by atoms with van der Waals surface area (Å²) in [6, 6.07) is 5.53. The number of benzene rings is 1. The van der Waals surface area contributed by atoms with E-state index in [9.17, 15) is 18.0 Å². The number of carbonyl (C=O) groups is 2. The molecule has 0 bridgehead atoms. The standard InChI is InChI=1S/C15H18BrNO5S/c16-9-14(18)10-3-7-13(8-4-10)23(21,22)17-12-5-1-11(2-6-12)15(19)20/h3-4,7-8,11-12,17H,1-2,5-6,9H2,(H,19,20)/t11-,12-. The minimum absolute atomic E-state index is 0.101. The van der Waals surface area contributed by atoms with Gasteiger partial charge in [-0.05, 0) is 37.8 Å². The molecule has 0 unspecified atom stereocenters. The molecule has 0 heterocycles. The van der Waals surface area contributed by atoms with Crippen LogP contribution in [0.5, 0.6) is 0 Å². The van der Waals surface area contributed by atoms with Crippen LogP contribution in [0.15, 0.2) is 29.2 Å². The van der Waals surface area contributed by atoms with Crippen molar-refractivity contribution in [1.29, 1.82) is 0 Å². The largest absolute Gasteiger partial charge is 0.481 e. The van der Waals surface area contributed by atoms with Gasteiger partial charge in [-0.25, -0.2) is 13.1 Å². The lowest BCUT2D eigenvalue weighted by Gasteiger charge is -2.26. The van der Waals surface area contributed by atoms with Crippen LogP contribution in [0.25, 0.3) is 0 Å². The molecule has 0 aromatic heterocycles. The number of carbonyl (C=O) groups excluding carboxylic acids is 1. The molecule has 1 aromatic carbocycles. The van der Waals surface area contributed by atoms with E-state index in [0.717, 1.165) is 0 Å². The molecule has 2 N–H and O–H groups in total. The number of aliphatic carboxylic acids is 1. The summed E-state index contributed by atoms with van der Waals surface area (Å²) >= 11 is 3.07. The van der Waals surface area contributed by atoms with E-state index in [4.69, 9.17) is 5.11 Å². The third kappa shape index (κ3) is 4.62. The highest BCUT2D eigenvalue weighted by Crippen LogP contribution is 2.25. The monoisotopic (exact) mass is 403 g/mol. The lowest BCUT2D eigenvalue weighted by atomic mass is 9.87. The highest BCUT2D eigenvalue weighted by molar-refractivity contribution is 9.09. The first-order valence-electron chi connectivity index (χ1n) is 7.28. The van der Waals surface area contributed by atoms with Crippen LogP contribution in [0, 0.1) is 5.92 Å². The number of carboxylic acids is 1. The number of hydrogen-bond acceptors (Lipinski definition) is 4. The Labute approximate surface area is 143 Å². The van der Waals surface area contributed by atoms with Gasteiger partial charge in [-0.15, -0.1) is 0 Å². The fraction of sp³-hybridized carbons (Fsp3) is 0.467. The Balaban J connectivity index is 2.02. The van der Waals surface area contributed by atoms with Crippen molar-refractivity contribution in [2.24, 2.45) is 5.92 Å². The molecule has 1 aliphatic carbocycles. The van der Waals surface area contributed by atoms with Crippen molar-refractivity contribution in [1.82, 2.24) is 4.72 Å². The van der Waals surface area contributed by atoms with Gasteiger partial charge in [0.15, 0.2) is 5.78 Å².